The summed E-state index contributed by atoms with van der Waals surface area (Å²) >= 11 is 0. The molecule has 0 radical (unpaired) electrons. The van der Waals surface area contributed by atoms with E-state index in [4.69, 9.17) is 5.11 Å². The van der Waals surface area contributed by atoms with Crippen LogP contribution >= 0.6 is 0 Å². The molecule has 1 atom stereocenters. The van der Waals surface area contributed by atoms with Crippen molar-refractivity contribution in [2.24, 2.45) is 0 Å². The summed E-state index contributed by atoms with van der Waals surface area (Å²) in [4.78, 5) is 9.83. The van der Waals surface area contributed by atoms with E-state index in [0.29, 0.717) is 0 Å². The molecule has 10 heavy (non-hydrogen) atoms. The Bertz CT molecular complexity index is 134. The van der Waals surface area contributed by atoms with Gasteiger partial charge >= 0.3 is 5.97 Å². The monoisotopic (exact) mass is 150 g/mol. The van der Waals surface area contributed by atoms with E-state index in [1.807, 2.05) is 0 Å². The molecule has 0 aromatic heterocycles. The van der Waals surface area contributed by atoms with E-state index in [9.17, 15) is 9.18 Å². The molecule has 4 nitrogen and oxygen atoms in total. The Hall–Kier alpha value is -0.680. The van der Waals surface area contributed by atoms with Gasteiger partial charge < -0.3 is 14.6 Å². The Morgan fingerprint density at radius 2 is 2.40 bits per heavy atom. The van der Waals surface area contributed by atoms with Crippen LogP contribution in [0.3, 0.4) is 0 Å². The number of hydrogen-bond donors (Lipinski definition) is 1. The van der Waals surface area contributed by atoms with Gasteiger partial charge in [-0.05, 0) is 0 Å². The Morgan fingerprint density at radius 3 is 2.70 bits per heavy atom. The van der Waals surface area contributed by atoms with Crippen molar-refractivity contribution in [1.82, 2.24) is 0 Å². The number of alkyl halides is 1. The summed E-state index contributed by atoms with van der Waals surface area (Å²) in [6.07, 6.45) is -2.60. The minimum atomic E-state index is -2.21. The van der Waals surface area contributed by atoms with Crippen molar-refractivity contribution >= 4 is 5.97 Å². The number of carboxylic acids is 1. The molecule has 1 saturated heterocycles. The zero-order valence-electron chi connectivity index (χ0n) is 5.12. The molecular weight excluding hydrogens is 143 g/mol. The molecule has 58 valence electrons. The highest BCUT2D eigenvalue weighted by molar-refractivity contribution is 5.70. The zero-order valence-corrected chi connectivity index (χ0v) is 5.12. The van der Waals surface area contributed by atoms with Crippen molar-refractivity contribution in [2.45, 2.75) is 12.5 Å². The molecule has 5 heteroatoms. The van der Waals surface area contributed by atoms with Crippen LogP contribution in [0.25, 0.3) is 0 Å². The lowest BCUT2D eigenvalue weighted by Crippen LogP contribution is -2.40. The number of hydrogen-bond acceptors (Lipinski definition) is 3. The number of aliphatic carboxylic acids is 1. The van der Waals surface area contributed by atoms with Crippen molar-refractivity contribution in [3.05, 3.63) is 0 Å². The Morgan fingerprint density at radius 1 is 1.80 bits per heavy atom. The van der Waals surface area contributed by atoms with Crippen molar-refractivity contribution < 1.29 is 23.8 Å². The maximum absolute atomic E-state index is 12.1. The molecule has 1 N–H and O–H groups in total. The van der Waals surface area contributed by atoms with Gasteiger partial charge in [0.2, 0.25) is 0 Å². The third-order valence-electron chi connectivity index (χ3n) is 1.11. The van der Waals surface area contributed by atoms with E-state index in [1.165, 1.54) is 0 Å². The summed E-state index contributed by atoms with van der Waals surface area (Å²) in [7, 11) is 0. The van der Waals surface area contributed by atoms with Crippen molar-refractivity contribution in [2.75, 3.05) is 13.2 Å². The molecule has 1 aliphatic heterocycles. The molecule has 1 heterocycles. The van der Waals surface area contributed by atoms with Crippen molar-refractivity contribution in [1.29, 1.82) is 0 Å². The van der Waals surface area contributed by atoms with Gasteiger partial charge in [-0.25, -0.2) is 9.18 Å². The van der Waals surface area contributed by atoms with Crippen LogP contribution < -0.4 is 0 Å². The first-order chi connectivity index (χ1) is 4.70. The fraction of sp³-hybridized carbons (Fsp3) is 0.800. The summed E-state index contributed by atoms with van der Waals surface area (Å²) < 4.78 is 21.1. The molecule has 0 aromatic rings. The van der Waals surface area contributed by atoms with E-state index in [1.54, 1.807) is 0 Å². The summed E-state index contributed by atoms with van der Waals surface area (Å²) in [5, 5.41) is 8.01. The second kappa shape index (κ2) is 2.94. The number of halogens is 1. The van der Waals surface area contributed by atoms with Gasteiger partial charge in [0, 0.05) is 0 Å². The average molecular weight is 150 g/mol. The second-order valence-corrected chi connectivity index (χ2v) is 1.95. The molecule has 1 aliphatic rings. The Kier molecular flexibility index (Phi) is 2.18. The van der Waals surface area contributed by atoms with Crippen LogP contribution in [-0.2, 0) is 14.3 Å². The van der Waals surface area contributed by atoms with Crippen molar-refractivity contribution in [3.8, 4) is 0 Å². The smallest absolute Gasteiger partial charge is 0.366 e. The van der Waals surface area contributed by atoms with Gasteiger partial charge in [0.15, 0.2) is 0 Å². The van der Waals surface area contributed by atoms with Gasteiger partial charge in [0.1, 0.15) is 6.10 Å². The van der Waals surface area contributed by atoms with Crippen LogP contribution in [0.4, 0.5) is 4.39 Å². The molecule has 0 aliphatic carbocycles. The first-order valence-electron chi connectivity index (χ1n) is 2.80. The number of rotatable bonds is 3. The van der Waals surface area contributed by atoms with Gasteiger partial charge in [0.25, 0.3) is 6.36 Å². The fourth-order valence-corrected chi connectivity index (χ4v) is 0.520. The van der Waals surface area contributed by atoms with Gasteiger partial charge in [-0.15, -0.1) is 0 Å². The van der Waals surface area contributed by atoms with Crippen LogP contribution in [0.5, 0.6) is 0 Å². The largest absolute Gasteiger partial charge is 0.477 e. The summed E-state index contributed by atoms with van der Waals surface area (Å²) in [6.45, 7) is 0.571. The molecule has 1 rings (SSSR count). The van der Waals surface area contributed by atoms with Gasteiger partial charge in [-0.1, -0.05) is 0 Å². The number of ether oxygens (including phenoxy) is 2. The van der Waals surface area contributed by atoms with Gasteiger partial charge in [-0.2, -0.15) is 0 Å². The molecule has 0 aromatic carbocycles. The topological polar surface area (TPSA) is 55.8 Å². The summed E-state index contributed by atoms with van der Waals surface area (Å²) in [6, 6.07) is 0. The fourth-order valence-electron chi connectivity index (χ4n) is 0.520. The molecule has 0 bridgehead atoms. The molecule has 0 saturated carbocycles. The molecule has 1 fully saturated rings. The minimum Gasteiger partial charge on any atom is -0.477 e. The molecule has 1 unspecified atom stereocenters. The van der Waals surface area contributed by atoms with Crippen molar-refractivity contribution in [3.63, 3.8) is 0 Å². The van der Waals surface area contributed by atoms with Crippen LogP contribution in [0, 0.1) is 0 Å². The SMILES string of the molecule is O=C(O)C(F)OC1COC1. The summed E-state index contributed by atoms with van der Waals surface area (Å²) in [5.74, 6) is -1.59. The molecular formula is C5H7FO4. The molecule has 0 spiro atoms. The number of carboxylic acid groups (broad SMARTS) is 1. The lowest BCUT2D eigenvalue weighted by atomic mass is 10.3. The van der Waals surface area contributed by atoms with E-state index >= 15 is 0 Å². The molecule has 0 amide bonds. The predicted octanol–water partition coefficient (Wildman–Crippen LogP) is -0.218. The maximum Gasteiger partial charge on any atom is 0.366 e. The van der Waals surface area contributed by atoms with Crippen LogP contribution in [-0.4, -0.2) is 36.8 Å². The second-order valence-electron chi connectivity index (χ2n) is 1.95. The van der Waals surface area contributed by atoms with Crippen LogP contribution in [0.2, 0.25) is 0 Å². The van der Waals surface area contributed by atoms with E-state index in [2.05, 4.69) is 9.47 Å². The summed E-state index contributed by atoms with van der Waals surface area (Å²) in [5.41, 5.74) is 0. The average Bonchev–Trinajstić information content (AvgIpc) is 1.77. The highest BCUT2D eigenvalue weighted by Gasteiger charge is 2.26. The lowest BCUT2D eigenvalue weighted by Gasteiger charge is -2.26. The van der Waals surface area contributed by atoms with Crippen LogP contribution in [0.15, 0.2) is 0 Å². The number of carbonyl (C=O) groups is 1. The minimum absolute atomic E-state index is 0.285. The van der Waals surface area contributed by atoms with E-state index in [-0.39, 0.29) is 19.3 Å². The maximum atomic E-state index is 12.1. The Balaban J connectivity index is 2.16. The van der Waals surface area contributed by atoms with E-state index < -0.39 is 12.3 Å². The normalized spacial score (nSPS) is 21.7. The van der Waals surface area contributed by atoms with Crippen LogP contribution in [0.1, 0.15) is 0 Å². The quantitative estimate of drug-likeness (QED) is 0.604. The predicted molar refractivity (Wildman–Crippen MR) is 28.2 cm³/mol. The van der Waals surface area contributed by atoms with Gasteiger partial charge in [-0.3, -0.25) is 0 Å². The Labute approximate surface area is 56.5 Å². The van der Waals surface area contributed by atoms with E-state index in [0.717, 1.165) is 0 Å². The first-order valence-corrected chi connectivity index (χ1v) is 2.80. The van der Waals surface area contributed by atoms with Gasteiger partial charge in [0.05, 0.1) is 13.2 Å². The zero-order chi connectivity index (χ0) is 7.56. The standard InChI is InChI=1S/C5H7FO4/c6-4(5(7)8)10-3-1-9-2-3/h3-4H,1-2H2,(H,7,8). The first kappa shape index (κ1) is 7.43. The highest BCUT2D eigenvalue weighted by Crippen LogP contribution is 2.09. The third-order valence-corrected chi connectivity index (χ3v) is 1.11. The lowest BCUT2D eigenvalue weighted by molar-refractivity contribution is -0.202. The highest BCUT2D eigenvalue weighted by atomic mass is 19.1. The third kappa shape index (κ3) is 1.65.